The van der Waals surface area contributed by atoms with Crippen LogP contribution in [0.25, 0.3) is 16.8 Å². The Morgan fingerprint density at radius 1 is 1.06 bits per heavy atom. The highest BCUT2D eigenvalue weighted by Crippen LogP contribution is 2.50. The molecule has 1 aliphatic carbocycles. The topological polar surface area (TPSA) is 72.3 Å². The zero-order valence-corrected chi connectivity index (χ0v) is 18.3. The third-order valence-electron chi connectivity index (χ3n) is 7.39. The molecule has 33 heavy (non-hydrogen) atoms. The van der Waals surface area contributed by atoms with Crippen molar-refractivity contribution in [2.45, 2.75) is 32.2 Å². The summed E-state index contributed by atoms with van der Waals surface area (Å²) < 4.78 is 31.0. The van der Waals surface area contributed by atoms with Crippen molar-refractivity contribution >= 4 is 11.3 Å². The molecule has 3 aromatic heterocycles. The highest BCUT2D eigenvalue weighted by Gasteiger charge is 2.47. The Labute approximate surface area is 190 Å². The first kappa shape index (κ1) is 20.2. The predicted molar refractivity (Wildman–Crippen MR) is 122 cm³/mol. The summed E-state index contributed by atoms with van der Waals surface area (Å²) in [5, 5.41) is 4.24. The van der Waals surface area contributed by atoms with Crippen molar-refractivity contribution in [2.75, 3.05) is 18.0 Å². The SMILES string of the molecule is Cc1nc(N2CCC3(CC2)Cc2ncccc2[C@H]3N)c2c(F)cnn2c1-c1ccccc1F. The highest BCUT2D eigenvalue weighted by atomic mass is 19.1. The number of hydrogen-bond donors (Lipinski definition) is 1. The molecule has 0 bridgehead atoms. The first-order valence-corrected chi connectivity index (χ1v) is 11.2. The van der Waals surface area contributed by atoms with Crippen LogP contribution in [0.2, 0.25) is 0 Å². The molecule has 1 aromatic carbocycles. The Kier molecular flexibility index (Phi) is 4.48. The van der Waals surface area contributed by atoms with Gasteiger partial charge in [0.1, 0.15) is 11.3 Å². The summed E-state index contributed by atoms with van der Waals surface area (Å²) in [7, 11) is 0. The summed E-state index contributed by atoms with van der Waals surface area (Å²) >= 11 is 0. The van der Waals surface area contributed by atoms with E-state index in [1.54, 1.807) is 18.2 Å². The lowest BCUT2D eigenvalue weighted by Gasteiger charge is -2.42. The Balaban J connectivity index is 1.37. The maximum absolute atomic E-state index is 15.0. The number of nitrogens with zero attached hydrogens (tertiary/aromatic N) is 5. The maximum Gasteiger partial charge on any atom is 0.172 e. The number of halogens is 2. The molecule has 6 rings (SSSR count). The number of aromatic nitrogens is 4. The summed E-state index contributed by atoms with van der Waals surface area (Å²) in [6.07, 6.45) is 5.59. The second-order valence-corrected chi connectivity index (χ2v) is 9.15. The van der Waals surface area contributed by atoms with Crippen LogP contribution in [0.3, 0.4) is 0 Å². The molecule has 8 heteroatoms. The van der Waals surface area contributed by atoms with Gasteiger partial charge in [0.25, 0.3) is 0 Å². The van der Waals surface area contributed by atoms with Crippen LogP contribution < -0.4 is 10.6 Å². The number of rotatable bonds is 2. The van der Waals surface area contributed by atoms with Gasteiger partial charge < -0.3 is 10.6 Å². The van der Waals surface area contributed by atoms with Crippen molar-refractivity contribution in [2.24, 2.45) is 11.1 Å². The summed E-state index contributed by atoms with van der Waals surface area (Å²) in [4.78, 5) is 11.4. The average Bonchev–Trinajstić information content (AvgIpc) is 3.33. The number of aryl methyl sites for hydroxylation is 1. The summed E-state index contributed by atoms with van der Waals surface area (Å²) in [5.41, 5.74) is 10.5. The van der Waals surface area contributed by atoms with Crippen molar-refractivity contribution in [3.63, 3.8) is 0 Å². The van der Waals surface area contributed by atoms with Gasteiger partial charge in [-0.1, -0.05) is 18.2 Å². The van der Waals surface area contributed by atoms with E-state index in [0.29, 0.717) is 35.9 Å². The van der Waals surface area contributed by atoms with Crippen molar-refractivity contribution < 1.29 is 8.78 Å². The number of piperidine rings is 1. The van der Waals surface area contributed by atoms with Crippen molar-refractivity contribution in [1.82, 2.24) is 19.6 Å². The third kappa shape index (κ3) is 2.97. The van der Waals surface area contributed by atoms with Crippen LogP contribution in [-0.2, 0) is 6.42 Å². The lowest BCUT2D eigenvalue weighted by atomic mass is 9.73. The van der Waals surface area contributed by atoms with Crippen LogP contribution in [0.15, 0.2) is 48.8 Å². The molecule has 1 aliphatic heterocycles. The second kappa shape index (κ2) is 7.31. The molecule has 0 amide bonds. The number of hydrogen-bond acceptors (Lipinski definition) is 5. The Hall–Kier alpha value is -3.39. The smallest absolute Gasteiger partial charge is 0.172 e. The predicted octanol–water partition coefficient (Wildman–Crippen LogP) is 4.22. The molecular formula is C25H24F2N6. The van der Waals surface area contributed by atoms with E-state index in [0.717, 1.165) is 30.5 Å². The third-order valence-corrected chi connectivity index (χ3v) is 7.39. The minimum atomic E-state index is -0.468. The normalized spacial score (nSPS) is 19.4. The molecule has 1 spiro atoms. The van der Waals surface area contributed by atoms with Gasteiger partial charge in [-0.15, -0.1) is 0 Å². The van der Waals surface area contributed by atoms with E-state index in [2.05, 4.69) is 21.0 Å². The first-order chi connectivity index (χ1) is 16.0. The molecular weight excluding hydrogens is 422 g/mol. The number of pyridine rings is 1. The van der Waals surface area contributed by atoms with Crippen LogP contribution in [0, 0.1) is 24.0 Å². The maximum atomic E-state index is 15.0. The molecule has 0 saturated carbocycles. The van der Waals surface area contributed by atoms with Gasteiger partial charge in [-0.3, -0.25) is 4.98 Å². The fraction of sp³-hybridized carbons (Fsp3) is 0.320. The van der Waals surface area contributed by atoms with Crippen LogP contribution >= 0.6 is 0 Å². The van der Waals surface area contributed by atoms with Crippen LogP contribution in [0.4, 0.5) is 14.6 Å². The number of anilines is 1. The van der Waals surface area contributed by atoms with Crippen molar-refractivity contribution in [3.05, 3.63) is 77.4 Å². The molecule has 1 atom stereocenters. The lowest BCUT2D eigenvalue weighted by Crippen LogP contribution is -2.44. The molecule has 0 unspecified atom stereocenters. The van der Waals surface area contributed by atoms with Crippen molar-refractivity contribution in [1.29, 1.82) is 0 Å². The van der Waals surface area contributed by atoms with E-state index in [4.69, 9.17) is 10.7 Å². The zero-order chi connectivity index (χ0) is 22.7. The van der Waals surface area contributed by atoms with Gasteiger partial charge in [0, 0.05) is 36.6 Å². The molecule has 1 saturated heterocycles. The Morgan fingerprint density at radius 2 is 1.85 bits per heavy atom. The Bertz CT molecular complexity index is 1370. The number of fused-ring (bicyclic) bond motifs is 2. The fourth-order valence-corrected chi connectivity index (χ4v) is 5.61. The van der Waals surface area contributed by atoms with Gasteiger partial charge >= 0.3 is 0 Å². The van der Waals surface area contributed by atoms with Gasteiger partial charge in [-0.2, -0.15) is 5.10 Å². The van der Waals surface area contributed by atoms with E-state index >= 15 is 0 Å². The largest absolute Gasteiger partial charge is 0.355 e. The van der Waals surface area contributed by atoms with E-state index in [9.17, 15) is 8.78 Å². The van der Waals surface area contributed by atoms with Gasteiger partial charge in [0.05, 0.1) is 17.6 Å². The summed E-state index contributed by atoms with van der Waals surface area (Å²) in [6.45, 7) is 3.21. The molecule has 4 heterocycles. The monoisotopic (exact) mass is 446 g/mol. The quantitative estimate of drug-likeness (QED) is 0.499. The van der Waals surface area contributed by atoms with Crippen LogP contribution in [-0.4, -0.2) is 32.7 Å². The fourth-order valence-electron chi connectivity index (χ4n) is 5.61. The van der Waals surface area contributed by atoms with E-state index in [1.807, 2.05) is 19.2 Å². The zero-order valence-electron chi connectivity index (χ0n) is 18.3. The highest BCUT2D eigenvalue weighted by molar-refractivity contribution is 5.76. The van der Waals surface area contributed by atoms with Crippen LogP contribution in [0.1, 0.15) is 35.8 Å². The second-order valence-electron chi connectivity index (χ2n) is 9.15. The lowest BCUT2D eigenvalue weighted by molar-refractivity contribution is 0.186. The molecule has 2 N–H and O–H groups in total. The minimum absolute atomic E-state index is 0.0373. The van der Waals surface area contributed by atoms with E-state index < -0.39 is 11.6 Å². The standard InChI is InChI=1S/C25H24F2N6/c1-15-21(16-5-2-3-7-18(16)26)33-22(19(27)14-30-33)24(31-15)32-11-8-25(9-12-32)13-20-17(23(25)28)6-4-10-29-20/h2-7,10,14,23H,8-9,11-13,28H2,1H3/t23-/m1/s1. The summed E-state index contributed by atoms with van der Waals surface area (Å²) in [5.74, 6) is -0.320. The van der Waals surface area contributed by atoms with Gasteiger partial charge in [-0.05, 0) is 55.4 Å². The number of benzene rings is 1. The first-order valence-electron chi connectivity index (χ1n) is 11.2. The van der Waals surface area contributed by atoms with E-state index in [-0.39, 0.29) is 17.0 Å². The molecule has 2 aliphatic rings. The van der Waals surface area contributed by atoms with E-state index in [1.165, 1.54) is 16.8 Å². The molecule has 1 fully saturated rings. The van der Waals surface area contributed by atoms with Gasteiger partial charge in [-0.25, -0.2) is 18.3 Å². The minimum Gasteiger partial charge on any atom is -0.355 e. The summed E-state index contributed by atoms with van der Waals surface area (Å²) in [6, 6.07) is 10.4. The average molecular weight is 447 g/mol. The molecule has 0 radical (unpaired) electrons. The van der Waals surface area contributed by atoms with Gasteiger partial charge in [0.15, 0.2) is 11.6 Å². The van der Waals surface area contributed by atoms with Gasteiger partial charge in [0.2, 0.25) is 0 Å². The molecule has 168 valence electrons. The Morgan fingerprint density at radius 3 is 2.61 bits per heavy atom. The molecule has 4 aromatic rings. The van der Waals surface area contributed by atoms with Crippen LogP contribution in [0.5, 0.6) is 0 Å². The molecule has 6 nitrogen and oxygen atoms in total. The number of nitrogens with two attached hydrogens (primary N) is 1. The van der Waals surface area contributed by atoms with Crippen molar-refractivity contribution in [3.8, 4) is 11.3 Å².